The van der Waals surface area contributed by atoms with Crippen LogP contribution in [0.5, 0.6) is 0 Å². The van der Waals surface area contributed by atoms with Crippen LogP contribution in [-0.2, 0) is 44.6 Å². The molecule has 312 valence electrons. The Bertz CT molecular complexity index is 1420. The number of carbonyl (C=O) groups is 5. The van der Waals surface area contributed by atoms with Crippen molar-refractivity contribution in [1.29, 1.82) is 0 Å². The summed E-state index contributed by atoms with van der Waals surface area (Å²) in [6, 6.07) is 6.98. The number of quaternary nitrogens is 1. The monoisotopic (exact) mass is 775 g/mol. The van der Waals surface area contributed by atoms with Gasteiger partial charge < -0.3 is 34.6 Å². The maximum atomic E-state index is 14.6. The Morgan fingerprint density at radius 3 is 2.13 bits per heavy atom. The average Bonchev–Trinajstić information content (AvgIpc) is 3.63. The van der Waals surface area contributed by atoms with Crippen molar-refractivity contribution in [3.05, 3.63) is 35.9 Å². The van der Waals surface area contributed by atoms with E-state index < -0.39 is 53.7 Å². The maximum absolute atomic E-state index is 14.6. The lowest BCUT2D eigenvalue weighted by molar-refractivity contribution is -0.838. The summed E-state index contributed by atoms with van der Waals surface area (Å²) >= 11 is 0. The molecule has 2 rings (SSSR count). The van der Waals surface area contributed by atoms with E-state index >= 15 is 0 Å². The van der Waals surface area contributed by atoms with Crippen LogP contribution in [0.3, 0.4) is 0 Å². The fraction of sp³-hybridized carbons (Fsp3) is 0.738. The second-order valence-electron chi connectivity index (χ2n) is 16.8. The topological polar surface area (TPSA) is 144 Å². The van der Waals surface area contributed by atoms with Crippen molar-refractivity contribution in [2.75, 3.05) is 62.6 Å². The minimum absolute atomic E-state index is 0.0108. The van der Waals surface area contributed by atoms with E-state index in [1.54, 1.807) is 30.9 Å². The molecule has 2 N–H and O–H groups in total. The van der Waals surface area contributed by atoms with Gasteiger partial charge in [0.2, 0.25) is 11.8 Å². The Hall–Kier alpha value is -3.39. The van der Waals surface area contributed by atoms with Crippen molar-refractivity contribution < 1.29 is 42.7 Å². The number of amides is 4. The van der Waals surface area contributed by atoms with Crippen molar-refractivity contribution in [1.82, 2.24) is 20.4 Å². The molecule has 1 saturated heterocycles. The van der Waals surface area contributed by atoms with Crippen LogP contribution in [0.25, 0.3) is 0 Å². The highest BCUT2D eigenvalue weighted by molar-refractivity contribution is 5.87. The third kappa shape index (κ3) is 11.8. The van der Waals surface area contributed by atoms with Crippen LogP contribution in [-0.4, -0.2) is 143 Å². The van der Waals surface area contributed by atoms with Gasteiger partial charge in [-0.3, -0.25) is 18.9 Å². The van der Waals surface area contributed by atoms with Gasteiger partial charge >= 0.3 is 11.9 Å². The van der Waals surface area contributed by atoms with Gasteiger partial charge in [-0.1, -0.05) is 71.4 Å². The summed E-state index contributed by atoms with van der Waals surface area (Å²) in [5, 5.41) is 5.97. The predicted octanol–water partition coefficient (Wildman–Crippen LogP) is 3.68. The lowest BCUT2D eigenvalue weighted by Gasteiger charge is -2.45. The molecule has 1 aliphatic rings. The normalized spacial score (nSPS) is 18.8. The number of carbonyl (C=O) groups excluding carboxylic acids is 5. The number of nitrogens with zero attached hydrogens (tertiary/aromatic N) is 3. The van der Waals surface area contributed by atoms with E-state index in [2.05, 4.69) is 17.6 Å². The number of rotatable bonds is 21. The van der Waals surface area contributed by atoms with Gasteiger partial charge in [0.05, 0.1) is 63.3 Å². The maximum Gasteiger partial charge on any atom is 0.328 e. The number of hydrogen-bond donors (Lipinski definition) is 2. The molecule has 8 unspecified atom stereocenters. The van der Waals surface area contributed by atoms with Gasteiger partial charge in [0.1, 0.15) is 6.04 Å². The number of methoxy groups -OCH3 is 3. The van der Waals surface area contributed by atoms with Crippen LogP contribution >= 0.6 is 0 Å². The summed E-state index contributed by atoms with van der Waals surface area (Å²) < 4.78 is 16.9. The molecule has 1 aromatic carbocycles. The van der Waals surface area contributed by atoms with Crippen molar-refractivity contribution in [2.24, 2.45) is 23.2 Å². The number of hydrogen-bond acceptors (Lipinski definition) is 9. The Kier molecular flexibility index (Phi) is 18.4. The summed E-state index contributed by atoms with van der Waals surface area (Å²) in [5.74, 6) is -2.19. The number of likely N-dealkylation sites (N-methyl/N-ethyl adjacent to an activating group) is 2. The first-order valence-electron chi connectivity index (χ1n) is 19.8. The second-order valence-corrected chi connectivity index (χ2v) is 16.8. The van der Waals surface area contributed by atoms with Crippen LogP contribution in [0.1, 0.15) is 79.7 Å². The molecule has 13 heteroatoms. The van der Waals surface area contributed by atoms with E-state index in [0.29, 0.717) is 19.5 Å². The van der Waals surface area contributed by atoms with Crippen LogP contribution in [0.15, 0.2) is 30.3 Å². The summed E-state index contributed by atoms with van der Waals surface area (Å²) in [6.07, 6.45) is 1.09. The summed E-state index contributed by atoms with van der Waals surface area (Å²) in [5.41, 5.74) is 0.166. The van der Waals surface area contributed by atoms with Crippen LogP contribution in [0.4, 0.5) is 0 Å². The zero-order valence-corrected chi connectivity index (χ0v) is 36.1. The number of esters is 1. The molecule has 4 amide bonds. The Morgan fingerprint density at radius 2 is 1.62 bits per heavy atom. The zero-order valence-electron chi connectivity index (χ0n) is 36.1. The van der Waals surface area contributed by atoms with Gasteiger partial charge in [-0.2, -0.15) is 0 Å². The Morgan fingerprint density at radius 1 is 1.00 bits per heavy atom. The predicted molar refractivity (Wildman–Crippen MR) is 214 cm³/mol. The minimum Gasteiger partial charge on any atom is -0.467 e. The zero-order chi connectivity index (χ0) is 41.8. The molecule has 0 aromatic heterocycles. The molecule has 1 aromatic rings. The number of nitrogens with one attached hydrogen (secondary N) is 2. The molecule has 1 aliphatic heterocycles. The largest absolute Gasteiger partial charge is 0.467 e. The Balaban J connectivity index is 2.34. The highest BCUT2D eigenvalue weighted by Crippen LogP contribution is 2.32. The van der Waals surface area contributed by atoms with Crippen LogP contribution in [0.2, 0.25) is 0 Å². The summed E-state index contributed by atoms with van der Waals surface area (Å²) in [6.45, 7) is 14.5. The van der Waals surface area contributed by atoms with E-state index in [4.69, 9.17) is 14.2 Å². The number of likely N-dealkylation sites (tertiary alicyclic amines) is 1. The molecule has 1 heterocycles. The highest BCUT2D eigenvalue weighted by Gasteiger charge is 2.51. The van der Waals surface area contributed by atoms with Crippen molar-refractivity contribution in [3.8, 4) is 0 Å². The highest BCUT2D eigenvalue weighted by atomic mass is 16.5. The second kappa shape index (κ2) is 21.2. The van der Waals surface area contributed by atoms with Crippen molar-refractivity contribution in [3.63, 3.8) is 0 Å². The van der Waals surface area contributed by atoms with Crippen LogP contribution < -0.4 is 10.6 Å². The molecular formula is C42H72N5O8+. The standard InChI is InChI=1S/C42H71N5O8/c1-15-28(4)35(45(9)39(50)36(27(2)3)47(10,11)41(52)42(6,7)26-43-8)33(53-12)25-34(48)46-23-19-22-32(46)37(54-13)29(5)38(49)44-31(40(51)55-14)24-30-20-17-16-18-21-30/h16-18,20-21,27-29,31-33,35-37,43H,15,19,22-26H2,1-14H3/p+1. The van der Waals surface area contributed by atoms with Crippen molar-refractivity contribution >= 4 is 29.6 Å². The van der Waals surface area contributed by atoms with Gasteiger partial charge in [0, 0.05) is 46.7 Å². The molecule has 0 radical (unpaired) electrons. The fourth-order valence-corrected chi connectivity index (χ4v) is 8.73. The number of ether oxygens (including phenoxy) is 3. The molecule has 55 heavy (non-hydrogen) atoms. The smallest absolute Gasteiger partial charge is 0.328 e. The fourth-order valence-electron chi connectivity index (χ4n) is 8.73. The molecule has 1 fully saturated rings. The molecular weight excluding hydrogens is 702 g/mol. The van der Waals surface area contributed by atoms with Gasteiger partial charge in [-0.25, -0.2) is 9.59 Å². The van der Waals surface area contributed by atoms with E-state index in [-0.39, 0.29) is 52.8 Å². The Labute approximate surface area is 330 Å². The lowest BCUT2D eigenvalue weighted by Crippen LogP contribution is -2.66. The van der Waals surface area contributed by atoms with Crippen molar-refractivity contribution in [2.45, 2.75) is 117 Å². The molecule has 0 bridgehead atoms. The van der Waals surface area contributed by atoms with Gasteiger partial charge in [0.15, 0.2) is 6.04 Å². The molecule has 0 spiro atoms. The minimum atomic E-state index is -0.890. The molecule has 13 nitrogen and oxygen atoms in total. The SMILES string of the molecule is CCC(C)C(C(CC(=O)N1CCCC1C(OC)C(C)C(=O)NC(Cc1ccccc1)C(=O)OC)OC)N(C)C(=O)C(C(C)C)[N+](C)(C)C(=O)C(C)(C)CNC. The lowest BCUT2D eigenvalue weighted by atomic mass is 9.86. The van der Waals surface area contributed by atoms with Gasteiger partial charge in [-0.05, 0) is 45.2 Å². The van der Waals surface area contributed by atoms with Gasteiger partial charge in [-0.15, -0.1) is 0 Å². The average molecular weight is 775 g/mol. The first-order valence-corrected chi connectivity index (χ1v) is 19.8. The van der Waals surface area contributed by atoms with E-state index in [9.17, 15) is 24.0 Å². The van der Waals surface area contributed by atoms with Gasteiger partial charge in [0.25, 0.3) is 5.91 Å². The van der Waals surface area contributed by atoms with Crippen LogP contribution in [0, 0.1) is 23.2 Å². The summed E-state index contributed by atoms with van der Waals surface area (Å²) in [4.78, 5) is 72.7. The first-order chi connectivity index (χ1) is 25.7. The van der Waals surface area contributed by atoms with E-state index in [1.165, 1.54) is 14.2 Å². The molecule has 0 saturated carbocycles. The number of benzene rings is 1. The quantitative estimate of drug-likeness (QED) is 0.141. The third-order valence-electron chi connectivity index (χ3n) is 11.6. The first kappa shape index (κ1) is 47.8. The summed E-state index contributed by atoms with van der Waals surface area (Å²) in [7, 11) is 11.6. The van der Waals surface area contributed by atoms with E-state index in [1.807, 2.05) is 86.1 Å². The molecule has 0 aliphatic carbocycles. The van der Waals surface area contributed by atoms with E-state index in [0.717, 1.165) is 18.4 Å². The third-order valence-corrected chi connectivity index (χ3v) is 11.6. The molecule has 8 atom stereocenters.